The van der Waals surface area contributed by atoms with Crippen molar-refractivity contribution >= 4 is 29.2 Å². The third-order valence-electron chi connectivity index (χ3n) is 5.31. The topological polar surface area (TPSA) is 128 Å². The van der Waals surface area contributed by atoms with Crippen LogP contribution in [0.2, 0.25) is 0 Å². The fraction of sp³-hybridized carbons (Fsp3) is 0.409. The molecule has 0 spiro atoms. The highest BCUT2D eigenvalue weighted by atomic mass is 16.1. The number of hydrogen-bond acceptors (Lipinski definition) is 8. The minimum Gasteiger partial charge on any atom is -0.371 e. The van der Waals surface area contributed by atoms with E-state index in [9.17, 15) is 0 Å². The molecule has 4 N–H and O–H groups in total. The maximum absolute atomic E-state index is 8.81. The Bertz CT molecular complexity index is 1140. The van der Waals surface area contributed by atoms with E-state index in [2.05, 4.69) is 37.8 Å². The van der Waals surface area contributed by atoms with Crippen LogP contribution in [0, 0.1) is 0 Å². The Balaban J connectivity index is 0.000000220. The van der Waals surface area contributed by atoms with Crippen LogP contribution in [0.4, 0.5) is 11.8 Å². The van der Waals surface area contributed by atoms with Crippen LogP contribution < -0.4 is 16.4 Å². The van der Waals surface area contributed by atoms with Crippen LogP contribution in [-0.4, -0.2) is 55.6 Å². The van der Waals surface area contributed by atoms with Crippen LogP contribution in [0.25, 0.3) is 22.4 Å². The fourth-order valence-electron chi connectivity index (χ4n) is 3.77. The van der Waals surface area contributed by atoms with Crippen molar-refractivity contribution in [1.82, 2.24) is 34.5 Å². The maximum atomic E-state index is 8.81. The standard InChI is InChI=1S/C13H12N8.C7H15N.C2H4O/c1-15-12-11-8(4-6-21(11)19-13(14)17-12)9-2-3-10-16-5-7-20(10)18-9;1-8-7-5-3-2-4-6-7;1-2-3/h2-7H,1H3,(H3,14,15,17,19);7-8H,2-6H2,1H3;2H,1H3. The molecule has 10 nitrogen and oxygen atoms in total. The molecule has 0 atom stereocenters. The highest BCUT2D eigenvalue weighted by Gasteiger charge is 2.14. The summed E-state index contributed by atoms with van der Waals surface area (Å²) in [7, 11) is 3.86. The van der Waals surface area contributed by atoms with Crippen molar-refractivity contribution in [2.45, 2.75) is 45.1 Å². The summed E-state index contributed by atoms with van der Waals surface area (Å²) in [4.78, 5) is 17.2. The van der Waals surface area contributed by atoms with Crippen molar-refractivity contribution < 1.29 is 4.79 Å². The van der Waals surface area contributed by atoms with E-state index in [4.69, 9.17) is 10.5 Å². The molecular formula is C22H31N9O. The monoisotopic (exact) mass is 437 g/mol. The molecule has 0 aliphatic heterocycles. The van der Waals surface area contributed by atoms with Gasteiger partial charge < -0.3 is 21.2 Å². The zero-order valence-electron chi connectivity index (χ0n) is 18.8. The molecule has 4 heterocycles. The van der Waals surface area contributed by atoms with Gasteiger partial charge in [-0.25, -0.2) is 14.0 Å². The number of nitrogen functional groups attached to an aromatic ring is 1. The molecule has 0 bridgehead atoms. The SMILES string of the molecule is CC=O.CNC1CCCCC1.CNc1nc(N)nn2ccc(-c3ccc4nccn4n3)c12. The Kier molecular flexibility index (Phi) is 8.09. The first-order valence-electron chi connectivity index (χ1n) is 10.8. The van der Waals surface area contributed by atoms with Gasteiger partial charge in [-0.15, -0.1) is 5.10 Å². The van der Waals surface area contributed by atoms with Crippen molar-refractivity contribution in [3.8, 4) is 11.3 Å². The van der Waals surface area contributed by atoms with Gasteiger partial charge in [-0.3, -0.25) is 0 Å². The van der Waals surface area contributed by atoms with Crippen LogP contribution in [-0.2, 0) is 4.79 Å². The van der Waals surface area contributed by atoms with E-state index < -0.39 is 0 Å². The third kappa shape index (κ3) is 5.38. The van der Waals surface area contributed by atoms with Gasteiger partial charge in [0, 0.05) is 37.2 Å². The van der Waals surface area contributed by atoms with Crippen LogP contribution in [0.1, 0.15) is 39.0 Å². The zero-order chi connectivity index (χ0) is 22.9. The number of anilines is 2. The molecule has 0 unspecified atom stereocenters. The summed E-state index contributed by atoms with van der Waals surface area (Å²) in [5.41, 5.74) is 9.07. The van der Waals surface area contributed by atoms with Crippen LogP contribution in [0.5, 0.6) is 0 Å². The summed E-state index contributed by atoms with van der Waals surface area (Å²) in [6, 6.07) is 6.62. The third-order valence-corrected chi connectivity index (χ3v) is 5.31. The number of nitrogens with one attached hydrogen (secondary N) is 2. The van der Waals surface area contributed by atoms with E-state index in [1.165, 1.54) is 39.0 Å². The smallest absolute Gasteiger partial charge is 0.240 e. The minimum atomic E-state index is 0.215. The molecule has 10 heteroatoms. The van der Waals surface area contributed by atoms with Gasteiger partial charge in [-0.1, -0.05) is 19.3 Å². The van der Waals surface area contributed by atoms with Gasteiger partial charge in [0.2, 0.25) is 5.95 Å². The summed E-state index contributed by atoms with van der Waals surface area (Å²) in [5, 5.41) is 15.1. The number of hydrogen-bond donors (Lipinski definition) is 3. The molecule has 0 saturated heterocycles. The molecule has 4 aromatic rings. The van der Waals surface area contributed by atoms with Gasteiger partial charge in [0.15, 0.2) is 11.5 Å². The molecule has 0 amide bonds. The molecule has 1 aliphatic carbocycles. The number of carbonyl (C=O) groups excluding carboxylic acids is 1. The average Bonchev–Trinajstić information content (AvgIpc) is 3.46. The molecule has 1 aliphatic rings. The van der Waals surface area contributed by atoms with Crippen molar-refractivity contribution in [1.29, 1.82) is 0 Å². The molecule has 1 saturated carbocycles. The molecule has 32 heavy (non-hydrogen) atoms. The first-order chi connectivity index (χ1) is 15.6. The highest BCUT2D eigenvalue weighted by Crippen LogP contribution is 2.28. The lowest BCUT2D eigenvalue weighted by Crippen LogP contribution is -2.26. The van der Waals surface area contributed by atoms with Gasteiger partial charge in [-0.05, 0) is 45.0 Å². The van der Waals surface area contributed by atoms with Gasteiger partial charge in [0.1, 0.15) is 11.8 Å². The number of nitrogens with two attached hydrogens (primary N) is 1. The first-order valence-corrected chi connectivity index (χ1v) is 10.8. The summed E-state index contributed by atoms with van der Waals surface area (Å²) < 4.78 is 3.43. The number of carbonyl (C=O) groups is 1. The van der Waals surface area contributed by atoms with E-state index in [0.29, 0.717) is 5.82 Å². The largest absolute Gasteiger partial charge is 0.371 e. The Labute approximate surface area is 187 Å². The Morgan fingerprint density at radius 2 is 1.81 bits per heavy atom. The number of rotatable bonds is 3. The van der Waals surface area contributed by atoms with E-state index in [0.717, 1.165) is 34.7 Å². The molecular weight excluding hydrogens is 406 g/mol. The van der Waals surface area contributed by atoms with E-state index >= 15 is 0 Å². The lowest BCUT2D eigenvalue weighted by Gasteiger charge is -2.20. The number of nitrogens with zero attached hydrogens (tertiary/aromatic N) is 6. The summed E-state index contributed by atoms with van der Waals surface area (Å²) >= 11 is 0. The number of aromatic nitrogens is 6. The van der Waals surface area contributed by atoms with E-state index in [1.54, 1.807) is 22.3 Å². The van der Waals surface area contributed by atoms with Crippen molar-refractivity contribution in [3.63, 3.8) is 0 Å². The molecule has 4 aromatic heterocycles. The lowest BCUT2D eigenvalue weighted by molar-refractivity contribution is -0.106. The Morgan fingerprint density at radius 3 is 2.47 bits per heavy atom. The van der Waals surface area contributed by atoms with E-state index in [1.807, 2.05) is 30.6 Å². The second-order valence-electron chi connectivity index (χ2n) is 7.40. The fourth-order valence-corrected chi connectivity index (χ4v) is 3.77. The number of fused-ring (bicyclic) bond motifs is 2. The van der Waals surface area contributed by atoms with Crippen LogP contribution >= 0.6 is 0 Å². The zero-order valence-corrected chi connectivity index (χ0v) is 18.8. The predicted molar refractivity (Wildman–Crippen MR) is 127 cm³/mol. The number of imidazole rings is 1. The van der Waals surface area contributed by atoms with Gasteiger partial charge in [0.05, 0.1) is 5.69 Å². The summed E-state index contributed by atoms with van der Waals surface area (Å²) in [5.74, 6) is 0.877. The lowest BCUT2D eigenvalue weighted by atomic mass is 9.96. The van der Waals surface area contributed by atoms with Gasteiger partial charge in [0.25, 0.3) is 0 Å². The summed E-state index contributed by atoms with van der Waals surface area (Å²) in [6.07, 6.45) is 13.2. The molecule has 0 aromatic carbocycles. The van der Waals surface area contributed by atoms with Crippen molar-refractivity contribution in [2.75, 3.05) is 25.1 Å². The first kappa shape index (κ1) is 23.1. The molecule has 5 rings (SSSR count). The Morgan fingerprint density at radius 1 is 1.06 bits per heavy atom. The Hall–Kier alpha value is -3.53. The average molecular weight is 438 g/mol. The predicted octanol–water partition coefficient (Wildman–Crippen LogP) is 2.81. The van der Waals surface area contributed by atoms with Crippen LogP contribution in [0.15, 0.2) is 36.8 Å². The quantitative estimate of drug-likeness (QED) is 0.418. The molecule has 0 radical (unpaired) electrons. The second-order valence-corrected chi connectivity index (χ2v) is 7.40. The summed E-state index contributed by atoms with van der Waals surface area (Å²) in [6.45, 7) is 1.44. The van der Waals surface area contributed by atoms with Gasteiger partial charge in [-0.2, -0.15) is 10.1 Å². The normalized spacial score (nSPS) is 13.7. The van der Waals surface area contributed by atoms with Gasteiger partial charge >= 0.3 is 0 Å². The molecule has 170 valence electrons. The van der Waals surface area contributed by atoms with Crippen LogP contribution in [0.3, 0.4) is 0 Å². The van der Waals surface area contributed by atoms with Crippen molar-refractivity contribution in [2.24, 2.45) is 0 Å². The second kappa shape index (κ2) is 11.2. The van der Waals surface area contributed by atoms with E-state index in [-0.39, 0.29) is 5.95 Å². The minimum absolute atomic E-state index is 0.215. The highest BCUT2D eigenvalue weighted by molar-refractivity contribution is 5.87. The molecule has 1 fully saturated rings. The number of aldehydes is 1. The maximum Gasteiger partial charge on any atom is 0.240 e. The van der Waals surface area contributed by atoms with Crippen molar-refractivity contribution in [3.05, 3.63) is 36.8 Å².